The van der Waals surface area contributed by atoms with Gasteiger partial charge in [-0.25, -0.2) is 0 Å². The number of nitrogens with zero attached hydrogens (tertiary/aromatic N) is 1. The molecule has 0 spiro atoms. The Kier molecular flexibility index (Phi) is 5.44. The Morgan fingerprint density at radius 2 is 1.89 bits per heavy atom. The minimum Gasteiger partial charge on any atom is -0.339 e. The number of hydrogen-bond donors (Lipinski definition) is 0. The highest BCUT2D eigenvalue weighted by Crippen LogP contribution is 2.24. The van der Waals surface area contributed by atoms with Crippen LogP contribution >= 0.6 is 15.9 Å². The van der Waals surface area contributed by atoms with Crippen LogP contribution in [0.25, 0.3) is 0 Å². The van der Waals surface area contributed by atoms with Gasteiger partial charge in [-0.2, -0.15) is 0 Å². The van der Waals surface area contributed by atoms with E-state index in [4.69, 9.17) is 0 Å². The number of aryl methyl sites for hydroxylation is 1. The predicted molar refractivity (Wildman–Crippen MR) is 82.6 cm³/mol. The fraction of sp³-hybridized carbons (Fsp3) is 0.562. The van der Waals surface area contributed by atoms with Crippen molar-refractivity contribution in [1.82, 2.24) is 4.90 Å². The van der Waals surface area contributed by atoms with Crippen LogP contribution in [0.4, 0.5) is 0 Å². The second-order valence-corrected chi connectivity index (χ2v) is 6.17. The van der Waals surface area contributed by atoms with Gasteiger partial charge in [-0.3, -0.25) is 4.79 Å². The van der Waals surface area contributed by atoms with Gasteiger partial charge in [-0.1, -0.05) is 58.6 Å². The van der Waals surface area contributed by atoms with Crippen molar-refractivity contribution < 1.29 is 4.79 Å². The van der Waals surface area contributed by atoms with Crippen molar-refractivity contribution in [2.24, 2.45) is 0 Å². The zero-order valence-corrected chi connectivity index (χ0v) is 13.2. The van der Waals surface area contributed by atoms with Gasteiger partial charge in [-0.05, 0) is 25.3 Å². The molecule has 0 aliphatic heterocycles. The van der Waals surface area contributed by atoms with Crippen molar-refractivity contribution in [2.45, 2.75) is 45.1 Å². The molecule has 1 aliphatic rings. The number of carbonyl (C=O) groups is 1. The Bertz CT molecular complexity index is 409. The lowest BCUT2D eigenvalue weighted by Crippen LogP contribution is -2.41. The van der Waals surface area contributed by atoms with E-state index in [1.165, 1.54) is 31.2 Å². The summed E-state index contributed by atoms with van der Waals surface area (Å²) in [5.74, 6) is 0.273. The first-order valence-electron chi connectivity index (χ1n) is 7.11. The molecule has 19 heavy (non-hydrogen) atoms. The van der Waals surface area contributed by atoms with Gasteiger partial charge in [0.15, 0.2) is 0 Å². The summed E-state index contributed by atoms with van der Waals surface area (Å²) in [5, 5.41) is 0.864. The third kappa shape index (κ3) is 4.07. The molecular weight excluding hydrogens is 302 g/mol. The average Bonchev–Trinajstić information content (AvgIpc) is 2.92. The molecular formula is C16H22BrNO. The minimum atomic E-state index is 0.273. The zero-order valence-electron chi connectivity index (χ0n) is 11.6. The smallest absolute Gasteiger partial charge is 0.227 e. The molecule has 1 aliphatic carbocycles. The predicted octanol–water partition coefficient (Wildman–Crippen LogP) is 3.70. The molecule has 1 aromatic carbocycles. The monoisotopic (exact) mass is 323 g/mol. The lowest BCUT2D eigenvalue weighted by molar-refractivity contribution is -0.132. The maximum atomic E-state index is 12.5. The van der Waals surface area contributed by atoms with Crippen LogP contribution in [0.3, 0.4) is 0 Å². The van der Waals surface area contributed by atoms with E-state index in [2.05, 4.69) is 52.0 Å². The Hall–Kier alpha value is -0.830. The molecule has 3 heteroatoms. The van der Waals surface area contributed by atoms with Crippen LogP contribution in [0, 0.1) is 6.92 Å². The van der Waals surface area contributed by atoms with Crippen molar-refractivity contribution in [2.75, 3.05) is 11.9 Å². The molecule has 0 saturated heterocycles. The van der Waals surface area contributed by atoms with Gasteiger partial charge >= 0.3 is 0 Å². The zero-order chi connectivity index (χ0) is 13.7. The maximum Gasteiger partial charge on any atom is 0.227 e. The lowest BCUT2D eigenvalue weighted by Gasteiger charge is -2.28. The van der Waals surface area contributed by atoms with E-state index in [9.17, 15) is 4.79 Å². The standard InChI is InChI=1S/C16H22BrNO/c1-13-6-8-14(9-7-13)12-16(19)18(11-10-17)15-4-2-3-5-15/h6-9,15H,2-5,10-12H2,1H3. The van der Waals surface area contributed by atoms with Crippen LogP contribution < -0.4 is 0 Å². The van der Waals surface area contributed by atoms with Crippen LogP contribution in [0.1, 0.15) is 36.8 Å². The average molecular weight is 324 g/mol. The van der Waals surface area contributed by atoms with Crippen LogP contribution in [0.5, 0.6) is 0 Å². The number of amides is 1. The summed E-state index contributed by atoms with van der Waals surface area (Å²) in [5.41, 5.74) is 2.36. The molecule has 0 aromatic heterocycles. The normalized spacial score (nSPS) is 15.7. The molecule has 1 saturated carbocycles. The lowest BCUT2D eigenvalue weighted by atomic mass is 10.1. The SMILES string of the molecule is Cc1ccc(CC(=O)N(CCBr)C2CCCC2)cc1. The summed E-state index contributed by atoms with van der Waals surface area (Å²) in [6.45, 7) is 2.90. The highest BCUT2D eigenvalue weighted by Gasteiger charge is 2.25. The summed E-state index contributed by atoms with van der Waals surface area (Å²) in [6.07, 6.45) is 5.41. The third-order valence-electron chi connectivity index (χ3n) is 3.89. The molecule has 1 fully saturated rings. The van der Waals surface area contributed by atoms with Crippen LogP contribution in [-0.2, 0) is 11.2 Å². The van der Waals surface area contributed by atoms with Crippen molar-refractivity contribution in [1.29, 1.82) is 0 Å². The quantitative estimate of drug-likeness (QED) is 0.756. The Morgan fingerprint density at radius 1 is 1.26 bits per heavy atom. The summed E-state index contributed by atoms with van der Waals surface area (Å²) in [7, 11) is 0. The summed E-state index contributed by atoms with van der Waals surface area (Å²) < 4.78 is 0. The number of halogens is 1. The molecule has 2 nitrogen and oxygen atoms in total. The number of alkyl halides is 1. The van der Waals surface area contributed by atoms with Gasteiger partial charge < -0.3 is 4.90 Å². The van der Waals surface area contributed by atoms with Gasteiger partial charge in [-0.15, -0.1) is 0 Å². The Balaban J connectivity index is 2.00. The van der Waals surface area contributed by atoms with Crippen LogP contribution in [-0.4, -0.2) is 28.7 Å². The largest absolute Gasteiger partial charge is 0.339 e. The summed E-state index contributed by atoms with van der Waals surface area (Å²) >= 11 is 3.47. The highest BCUT2D eigenvalue weighted by atomic mass is 79.9. The first-order valence-corrected chi connectivity index (χ1v) is 8.24. The molecule has 0 radical (unpaired) electrons. The van der Waals surface area contributed by atoms with E-state index in [-0.39, 0.29) is 5.91 Å². The molecule has 0 atom stereocenters. The number of hydrogen-bond acceptors (Lipinski definition) is 1. The molecule has 0 N–H and O–H groups in total. The van der Waals surface area contributed by atoms with E-state index in [0.717, 1.165) is 17.4 Å². The van der Waals surface area contributed by atoms with Crippen molar-refractivity contribution in [3.05, 3.63) is 35.4 Å². The number of carbonyl (C=O) groups excluding carboxylic acids is 1. The summed E-state index contributed by atoms with van der Waals surface area (Å²) in [4.78, 5) is 14.6. The van der Waals surface area contributed by atoms with Crippen molar-refractivity contribution in [3.63, 3.8) is 0 Å². The fourth-order valence-electron chi connectivity index (χ4n) is 2.80. The van der Waals surface area contributed by atoms with Gasteiger partial charge in [0.25, 0.3) is 0 Å². The van der Waals surface area contributed by atoms with Gasteiger partial charge in [0.2, 0.25) is 5.91 Å². The van der Waals surface area contributed by atoms with Gasteiger partial charge in [0.1, 0.15) is 0 Å². The Morgan fingerprint density at radius 3 is 2.47 bits per heavy atom. The molecule has 1 aromatic rings. The fourth-order valence-corrected chi connectivity index (χ4v) is 3.18. The number of benzene rings is 1. The molecule has 0 heterocycles. The van der Waals surface area contributed by atoms with Crippen molar-refractivity contribution >= 4 is 21.8 Å². The first kappa shape index (κ1) is 14.6. The number of rotatable bonds is 5. The first-order chi connectivity index (χ1) is 9.20. The molecule has 0 bridgehead atoms. The Labute approximate surface area is 124 Å². The van der Waals surface area contributed by atoms with Crippen LogP contribution in [0.2, 0.25) is 0 Å². The van der Waals surface area contributed by atoms with E-state index < -0.39 is 0 Å². The van der Waals surface area contributed by atoms with Crippen LogP contribution in [0.15, 0.2) is 24.3 Å². The summed E-state index contributed by atoms with van der Waals surface area (Å²) in [6, 6.07) is 8.75. The third-order valence-corrected chi connectivity index (χ3v) is 4.24. The molecule has 0 unspecified atom stereocenters. The molecule has 2 rings (SSSR count). The van der Waals surface area contributed by atoms with Gasteiger partial charge in [0, 0.05) is 17.9 Å². The van der Waals surface area contributed by atoms with E-state index >= 15 is 0 Å². The van der Waals surface area contributed by atoms with Gasteiger partial charge in [0.05, 0.1) is 6.42 Å². The topological polar surface area (TPSA) is 20.3 Å². The maximum absolute atomic E-state index is 12.5. The van der Waals surface area contributed by atoms with Crippen molar-refractivity contribution in [3.8, 4) is 0 Å². The highest BCUT2D eigenvalue weighted by molar-refractivity contribution is 9.09. The van der Waals surface area contributed by atoms with E-state index in [1.807, 2.05) is 0 Å². The van der Waals surface area contributed by atoms with E-state index in [0.29, 0.717) is 12.5 Å². The second kappa shape index (κ2) is 7.09. The molecule has 104 valence electrons. The molecule has 1 amide bonds. The van der Waals surface area contributed by atoms with E-state index in [1.54, 1.807) is 0 Å². The second-order valence-electron chi connectivity index (χ2n) is 5.38. The minimum absolute atomic E-state index is 0.273.